The summed E-state index contributed by atoms with van der Waals surface area (Å²) in [4.78, 5) is 23.8. The molecule has 0 rings (SSSR count). The third-order valence-electron chi connectivity index (χ3n) is 6.15. The van der Waals surface area contributed by atoms with Crippen molar-refractivity contribution in [3.8, 4) is 0 Å². The number of unbranched alkanes of at least 4 members (excludes halogenated alkanes) is 17. The quantitative estimate of drug-likeness (QED) is 0.109. The van der Waals surface area contributed by atoms with Crippen LogP contribution in [0.2, 0.25) is 0 Å². The molecule has 33 heavy (non-hydrogen) atoms. The summed E-state index contributed by atoms with van der Waals surface area (Å²) in [5.41, 5.74) is 0. The maximum Gasteiger partial charge on any atom is 0.306 e. The number of carbonyl (C=O) groups excluding carboxylic acids is 2. The van der Waals surface area contributed by atoms with E-state index < -0.39 is 6.10 Å². The van der Waals surface area contributed by atoms with E-state index in [4.69, 9.17) is 9.47 Å². The number of hydrogen-bond donors (Lipinski definition) is 1. The van der Waals surface area contributed by atoms with E-state index in [1.807, 2.05) is 0 Å². The van der Waals surface area contributed by atoms with E-state index in [1.54, 1.807) is 0 Å². The van der Waals surface area contributed by atoms with Gasteiger partial charge in [0.1, 0.15) is 6.61 Å². The lowest BCUT2D eigenvalue weighted by Gasteiger charge is -2.15. The molecule has 0 heterocycles. The van der Waals surface area contributed by atoms with Gasteiger partial charge < -0.3 is 14.6 Å². The van der Waals surface area contributed by atoms with E-state index >= 15 is 0 Å². The summed E-state index contributed by atoms with van der Waals surface area (Å²) in [7, 11) is 0. The van der Waals surface area contributed by atoms with Gasteiger partial charge in [0.2, 0.25) is 0 Å². The van der Waals surface area contributed by atoms with Crippen molar-refractivity contribution in [2.45, 2.75) is 155 Å². The summed E-state index contributed by atoms with van der Waals surface area (Å²) in [5.74, 6) is -0.593. The Kier molecular flexibility index (Phi) is 24.7. The lowest BCUT2D eigenvalue weighted by molar-refractivity contribution is -0.161. The minimum absolute atomic E-state index is 0.0592. The Morgan fingerprint density at radius 3 is 1.33 bits per heavy atom. The molecule has 0 aromatic carbocycles. The zero-order chi connectivity index (χ0) is 24.4. The standard InChI is InChI=1S/C28H54O5/c1-3-5-7-9-11-13-14-15-17-19-21-23-28(31)33-26(24-29)25-32-27(30)22-20-18-16-12-10-8-6-4-2/h26,29H,3-25H2,1-2H3. The summed E-state index contributed by atoms with van der Waals surface area (Å²) in [6.07, 6.45) is 23.0. The average Bonchev–Trinajstić information content (AvgIpc) is 2.81. The van der Waals surface area contributed by atoms with E-state index in [9.17, 15) is 14.7 Å². The number of rotatable bonds is 25. The molecular formula is C28H54O5. The van der Waals surface area contributed by atoms with Crippen molar-refractivity contribution in [1.82, 2.24) is 0 Å². The first-order chi connectivity index (χ1) is 16.1. The van der Waals surface area contributed by atoms with E-state index in [2.05, 4.69) is 13.8 Å². The summed E-state index contributed by atoms with van der Waals surface area (Å²) in [6, 6.07) is 0. The van der Waals surface area contributed by atoms with Crippen molar-refractivity contribution in [2.24, 2.45) is 0 Å². The van der Waals surface area contributed by atoms with Crippen LogP contribution in [-0.2, 0) is 19.1 Å². The van der Waals surface area contributed by atoms with Crippen LogP contribution in [0.1, 0.15) is 149 Å². The first kappa shape index (κ1) is 31.9. The van der Waals surface area contributed by atoms with Gasteiger partial charge in [-0.1, -0.05) is 123 Å². The van der Waals surface area contributed by atoms with Crippen LogP contribution in [-0.4, -0.2) is 36.4 Å². The molecule has 0 aliphatic rings. The topological polar surface area (TPSA) is 72.8 Å². The van der Waals surface area contributed by atoms with Crippen molar-refractivity contribution in [3.63, 3.8) is 0 Å². The molecule has 0 aromatic heterocycles. The van der Waals surface area contributed by atoms with E-state index in [1.165, 1.54) is 83.5 Å². The highest BCUT2D eigenvalue weighted by molar-refractivity contribution is 5.70. The minimum Gasteiger partial charge on any atom is -0.462 e. The highest BCUT2D eigenvalue weighted by Crippen LogP contribution is 2.13. The number of aliphatic hydroxyl groups excluding tert-OH is 1. The zero-order valence-corrected chi connectivity index (χ0v) is 21.9. The zero-order valence-electron chi connectivity index (χ0n) is 21.9. The summed E-state index contributed by atoms with van der Waals surface area (Å²) < 4.78 is 10.5. The van der Waals surface area contributed by atoms with Gasteiger partial charge in [0.15, 0.2) is 6.10 Å². The van der Waals surface area contributed by atoms with Crippen LogP contribution in [0.3, 0.4) is 0 Å². The molecule has 0 amide bonds. The number of carbonyl (C=O) groups is 2. The maximum absolute atomic E-state index is 12.0. The van der Waals surface area contributed by atoms with Crippen LogP contribution in [0.4, 0.5) is 0 Å². The Bertz CT molecular complexity index is 438. The molecule has 0 radical (unpaired) electrons. The van der Waals surface area contributed by atoms with Crippen molar-refractivity contribution >= 4 is 11.9 Å². The molecule has 0 saturated heterocycles. The van der Waals surface area contributed by atoms with Gasteiger partial charge >= 0.3 is 11.9 Å². The second-order valence-electron chi connectivity index (χ2n) is 9.49. The number of hydrogen-bond acceptors (Lipinski definition) is 5. The molecule has 5 nitrogen and oxygen atoms in total. The fourth-order valence-corrected chi connectivity index (χ4v) is 3.96. The molecule has 1 N–H and O–H groups in total. The van der Waals surface area contributed by atoms with Gasteiger partial charge in [0.25, 0.3) is 0 Å². The van der Waals surface area contributed by atoms with Crippen LogP contribution in [0.25, 0.3) is 0 Å². The SMILES string of the molecule is CCCCCCCCCCCCCC(=O)OC(CO)COC(=O)CCCCCCCCCC. The highest BCUT2D eigenvalue weighted by Gasteiger charge is 2.16. The molecule has 0 fully saturated rings. The van der Waals surface area contributed by atoms with Crippen molar-refractivity contribution in [3.05, 3.63) is 0 Å². The first-order valence-electron chi connectivity index (χ1n) is 14.1. The monoisotopic (exact) mass is 470 g/mol. The normalized spacial score (nSPS) is 12.0. The molecule has 0 aromatic rings. The first-order valence-corrected chi connectivity index (χ1v) is 14.1. The summed E-state index contributed by atoms with van der Waals surface area (Å²) >= 11 is 0. The predicted molar refractivity (Wildman–Crippen MR) is 136 cm³/mol. The van der Waals surface area contributed by atoms with Crippen LogP contribution in [0.5, 0.6) is 0 Å². The van der Waals surface area contributed by atoms with Gasteiger partial charge in [-0.3, -0.25) is 9.59 Å². The van der Waals surface area contributed by atoms with Gasteiger partial charge in [-0.05, 0) is 12.8 Å². The van der Waals surface area contributed by atoms with Crippen LogP contribution < -0.4 is 0 Å². The molecule has 0 spiro atoms. The minimum atomic E-state index is -0.757. The molecule has 196 valence electrons. The third kappa shape index (κ3) is 23.8. The molecular weight excluding hydrogens is 416 g/mol. The van der Waals surface area contributed by atoms with E-state index in [0.717, 1.165) is 38.5 Å². The van der Waals surface area contributed by atoms with E-state index in [-0.39, 0.29) is 25.2 Å². The fraction of sp³-hybridized carbons (Fsp3) is 0.929. The second-order valence-corrected chi connectivity index (χ2v) is 9.49. The molecule has 1 unspecified atom stereocenters. The second kappa shape index (κ2) is 25.5. The lowest BCUT2D eigenvalue weighted by atomic mass is 10.1. The number of aliphatic hydroxyl groups is 1. The Labute approximate surface area is 204 Å². The van der Waals surface area contributed by atoms with Crippen LogP contribution >= 0.6 is 0 Å². The van der Waals surface area contributed by atoms with Crippen LogP contribution in [0.15, 0.2) is 0 Å². The molecule has 0 bridgehead atoms. The maximum atomic E-state index is 12.0. The average molecular weight is 471 g/mol. The largest absolute Gasteiger partial charge is 0.462 e. The smallest absolute Gasteiger partial charge is 0.306 e. The summed E-state index contributed by atoms with van der Waals surface area (Å²) in [5, 5.41) is 9.41. The predicted octanol–water partition coefficient (Wildman–Crippen LogP) is 7.67. The highest BCUT2D eigenvalue weighted by atomic mass is 16.6. The molecule has 0 aliphatic carbocycles. The molecule has 0 saturated carbocycles. The van der Waals surface area contributed by atoms with Crippen LogP contribution in [0, 0.1) is 0 Å². The van der Waals surface area contributed by atoms with E-state index in [0.29, 0.717) is 12.8 Å². The van der Waals surface area contributed by atoms with Gasteiger partial charge in [-0.25, -0.2) is 0 Å². The molecule has 1 atom stereocenters. The van der Waals surface area contributed by atoms with Crippen molar-refractivity contribution in [1.29, 1.82) is 0 Å². The summed E-state index contributed by atoms with van der Waals surface area (Å²) in [6.45, 7) is 4.08. The lowest BCUT2D eigenvalue weighted by Crippen LogP contribution is -2.28. The Balaban J connectivity index is 3.59. The Morgan fingerprint density at radius 2 is 0.939 bits per heavy atom. The van der Waals surface area contributed by atoms with Gasteiger partial charge in [0, 0.05) is 12.8 Å². The fourth-order valence-electron chi connectivity index (χ4n) is 3.96. The third-order valence-corrected chi connectivity index (χ3v) is 6.15. The Hall–Kier alpha value is -1.10. The molecule has 5 heteroatoms. The van der Waals surface area contributed by atoms with Gasteiger partial charge in [0.05, 0.1) is 6.61 Å². The van der Waals surface area contributed by atoms with Gasteiger partial charge in [-0.15, -0.1) is 0 Å². The van der Waals surface area contributed by atoms with Crippen molar-refractivity contribution < 1.29 is 24.2 Å². The number of esters is 2. The van der Waals surface area contributed by atoms with Crippen molar-refractivity contribution in [2.75, 3.05) is 13.2 Å². The van der Waals surface area contributed by atoms with Gasteiger partial charge in [-0.2, -0.15) is 0 Å². The molecule has 0 aliphatic heterocycles. The number of ether oxygens (including phenoxy) is 2. The Morgan fingerprint density at radius 1 is 0.576 bits per heavy atom.